The Kier molecular flexibility index (Phi) is 7.53. The number of Topliss-reactive ketones (excluding diaryl/α,β-unsaturated/α-hetero) is 1. The maximum Gasteiger partial charge on any atom is 0.356 e. The Morgan fingerprint density at radius 1 is 1.13 bits per heavy atom. The summed E-state index contributed by atoms with van der Waals surface area (Å²) in [5.74, 6) is -1.82. The fourth-order valence-corrected chi connectivity index (χ4v) is 7.00. The lowest BCUT2D eigenvalue weighted by Crippen LogP contribution is -2.36. The number of nitrogens with zero attached hydrogens (tertiary/aromatic N) is 5. The van der Waals surface area contributed by atoms with Crippen LogP contribution in [0.4, 0.5) is 21.3 Å². The maximum atomic E-state index is 13.4. The van der Waals surface area contributed by atoms with Crippen LogP contribution in [0.15, 0.2) is 27.6 Å². The molecule has 3 heterocycles. The number of aromatic nitrogens is 5. The van der Waals surface area contributed by atoms with E-state index in [9.17, 15) is 27.9 Å². The van der Waals surface area contributed by atoms with Gasteiger partial charge in [-0.3, -0.25) is 10.1 Å². The number of H-pyrrole nitrogens is 1. The number of urea groups is 1. The van der Waals surface area contributed by atoms with Crippen LogP contribution in [-0.4, -0.2) is 83.2 Å². The minimum absolute atomic E-state index is 0.0613. The van der Waals surface area contributed by atoms with Gasteiger partial charge < -0.3 is 20.1 Å². The van der Waals surface area contributed by atoms with Gasteiger partial charge in [-0.15, -0.1) is 5.10 Å². The summed E-state index contributed by atoms with van der Waals surface area (Å²) in [6.45, 7) is 2.50. The first-order valence-electron chi connectivity index (χ1n) is 12.1. The van der Waals surface area contributed by atoms with Crippen molar-refractivity contribution < 1.29 is 32.6 Å². The number of sulfone groups is 1. The number of rotatable bonds is 8. The van der Waals surface area contributed by atoms with Crippen molar-refractivity contribution in [2.45, 2.75) is 35.0 Å². The number of amides is 2. The molecule has 15 nitrogen and oxygen atoms in total. The Morgan fingerprint density at radius 2 is 1.87 bits per heavy atom. The summed E-state index contributed by atoms with van der Waals surface area (Å²) < 4.78 is 30.3. The third-order valence-electron chi connectivity index (χ3n) is 6.45. The molecule has 0 bridgehead atoms. The maximum absolute atomic E-state index is 13.4. The number of morpholine rings is 1. The fraction of sp³-hybridized carbons (Fsp3) is 0.409. The zero-order chi connectivity index (χ0) is 27.6. The Balaban J connectivity index is 1.40. The molecule has 2 fully saturated rings. The van der Waals surface area contributed by atoms with E-state index in [1.165, 1.54) is 0 Å². The molecule has 2 amide bonds. The van der Waals surface area contributed by atoms with E-state index in [1.807, 2.05) is 5.21 Å². The number of anilines is 3. The summed E-state index contributed by atoms with van der Waals surface area (Å²) in [5.41, 5.74) is 0.683. The first kappa shape index (κ1) is 26.6. The molecule has 0 spiro atoms. The average molecular weight is 577 g/mol. The molecule has 2 aromatic heterocycles. The van der Waals surface area contributed by atoms with Gasteiger partial charge in [0.2, 0.25) is 0 Å². The number of tetrazole rings is 1. The molecular formula is C22H24N8O7S2. The molecule has 4 N–H and O–H groups in total. The number of carbonyl (C=O) groups excluding carboxylic acids is 2. The third kappa shape index (κ3) is 5.59. The number of hydrogen-bond acceptors (Lipinski definition) is 12. The largest absolute Gasteiger partial charge is 0.476 e. The van der Waals surface area contributed by atoms with Crippen LogP contribution in [0, 0.1) is 5.92 Å². The van der Waals surface area contributed by atoms with Crippen LogP contribution in [0.5, 0.6) is 0 Å². The lowest BCUT2D eigenvalue weighted by molar-refractivity contribution is 0.0687. The number of aromatic amines is 1. The molecule has 1 saturated heterocycles. The van der Waals surface area contributed by atoms with E-state index in [0.717, 1.165) is 31.4 Å². The number of benzene rings is 1. The molecular weight excluding hydrogens is 552 g/mol. The molecule has 1 aromatic carbocycles. The van der Waals surface area contributed by atoms with Crippen LogP contribution in [0.25, 0.3) is 0 Å². The molecule has 0 atom stereocenters. The second kappa shape index (κ2) is 11.0. The first-order valence-corrected chi connectivity index (χ1v) is 14.4. The van der Waals surface area contributed by atoms with E-state index in [-0.39, 0.29) is 22.5 Å². The quantitative estimate of drug-likeness (QED) is 0.284. The standard InChI is InChI=1S/C22H24N8O7S2/c31-17(12-3-1-2-4-12)14-11-13(30-7-9-37-10-8-30)5-6-15(14)23-20(34)25-21-24-16(18(32)33)19(38-21)39(35,36)22-26-28-29-27-22/h5-6,11-12H,1-4,7-10H2,(H,32,33)(H2,23,24,25,34)(H,26,27,28,29). The second-order valence-corrected chi connectivity index (χ2v) is 11.9. The van der Waals surface area contributed by atoms with Crippen molar-refractivity contribution in [2.24, 2.45) is 5.92 Å². The van der Waals surface area contributed by atoms with Crippen LogP contribution < -0.4 is 15.5 Å². The second-order valence-electron chi connectivity index (χ2n) is 8.91. The summed E-state index contributed by atoms with van der Waals surface area (Å²) in [7, 11) is -4.46. The van der Waals surface area contributed by atoms with Gasteiger partial charge in [0.05, 0.1) is 18.9 Å². The SMILES string of the molecule is O=C(Nc1nc(C(=O)O)c(S(=O)(=O)c2nn[nH]n2)s1)Nc1ccc(N2CCOCC2)cc1C(=O)C1CCCC1. The van der Waals surface area contributed by atoms with Gasteiger partial charge in [0.25, 0.3) is 15.0 Å². The Bertz CT molecular complexity index is 1490. The minimum atomic E-state index is -4.46. The number of nitrogens with one attached hydrogen (secondary N) is 3. The molecule has 0 unspecified atom stereocenters. The number of aromatic carboxylic acids is 1. The molecule has 3 aromatic rings. The fourth-order valence-electron chi connectivity index (χ4n) is 4.55. The van der Waals surface area contributed by atoms with Gasteiger partial charge >= 0.3 is 12.0 Å². The number of ether oxygens (including phenoxy) is 1. The number of carboxylic acids is 1. The van der Waals surface area contributed by atoms with Crippen molar-refractivity contribution in [2.75, 3.05) is 41.8 Å². The molecule has 5 rings (SSSR count). The predicted octanol–water partition coefficient (Wildman–Crippen LogP) is 2.04. The molecule has 1 saturated carbocycles. The Labute approximate surface area is 225 Å². The highest BCUT2D eigenvalue weighted by atomic mass is 32.2. The van der Waals surface area contributed by atoms with E-state index in [4.69, 9.17) is 4.74 Å². The number of carbonyl (C=O) groups is 3. The van der Waals surface area contributed by atoms with Gasteiger partial charge in [0.1, 0.15) is 0 Å². The van der Waals surface area contributed by atoms with Crippen molar-refractivity contribution in [3.8, 4) is 0 Å². The topological polar surface area (TPSA) is 209 Å². The lowest BCUT2D eigenvalue weighted by atomic mass is 9.94. The molecule has 206 valence electrons. The van der Waals surface area contributed by atoms with Crippen LogP contribution in [-0.2, 0) is 14.6 Å². The molecule has 0 radical (unpaired) electrons. The van der Waals surface area contributed by atoms with Crippen molar-refractivity contribution in [1.82, 2.24) is 25.6 Å². The Morgan fingerprint density at radius 3 is 2.54 bits per heavy atom. The van der Waals surface area contributed by atoms with Crippen molar-refractivity contribution in [1.29, 1.82) is 0 Å². The molecule has 2 aliphatic rings. The smallest absolute Gasteiger partial charge is 0.356 e. The third-order valence-corrected chi connectivity index (χ3v) is 9.46. The Hall–Kier alpha value is -3.96. The zero-order valence-electron chi connectivity index (χ0n) is 20.4. The highest BCUT2D eigenvalue weighted by Crippen LogP contribution is 2.34. The summed E-state index contributed by atoms with van der Waals surface area (Å²) in [5, 5.41) is 25.4. The normalized spacial score (nSPS) is 16.3. The van der Waals surface area contributed by atoms with Crippen molar-refractivity contribution in [3.63, 3.8) is 0 Å². The highest BCUT2D eigenvalue weighted by Gasteiger charge is 2.33. The van der Waals surface area contributed by atoms with E-state index in [1.54, 1.807) is 18.2 Å². The summed E-state index contributed by atoms with van der Waals surface area (Å²) in [6.07, 6.45) is 3.49. The van der Waals surface area contributed by atoms with Gasteiger partial charge in [0, 0.05) is 30.3 Å². The summed E-state index contributed by atoms with van der Waals surface area (Å²) in [4.78, 5) is 43.9. The summed E-state index contributed by atoms with van der Waals surface area (Å²) >= 11 is 0.425. The lowest BCUT2D eigenvalue weighted by Gasteiger charge is -2.29. The van der Waals surface area contributed by atoms with E-state index in [2.05, 4.69) is 35.9 Å². The van der Waals surface area contributed by atoms with Gasteiger partial charge in [-0.2, -0.15) is 5.21 Å². The van der Waals surface area contributed by atoms with Crippen LogP contribution in [0.1, 0.15) is 46.5 Å². The highest BCUT2D eigenvalue weighted by molar-refractivity contribution is 7.93. The molecule has 17 heteroatoms. The first-order chi connectivity index (χ1) is 18.7. The molecule has 1 aliphatic heterocycles. The van der Waals surface area contributed by atoms with Crippen LogP contribution in [0.3, 0.4) is 0 Å². The van der Waals surface area contributed by atoms with E-state index in [0.29, 0.717) is 43.2 Å². The minimum Gasteiger partial charge on any atom is -0.476 e. The summed E-state index contributed by atoms with van der Waals surface area (Å²) in [6, 6.07) is 4.38. The van der Waals surface area contributed by atoms with Crippen LogP contribution in [0.2, 0.25) is 0 Å². The van der Waals surface area contributed by atoms with Gasteiger partial charge in [-0.1, -0.05) is 29.3 Å². The molecule has 1 aliphatic carbocycles. The van der Waals surface area contributed by atoms with Crippen molar-refractivity contribution in [3.05, 3.63) is 29.5 Å². The number of ketones is 1. The van der Waals surface area contributed by atoms with Crippen LogP contribution >= 0.6 is 11.3 Å². The monoisotopic (exact) mass is 576 g/mol. The number of hydrogen-bond donors (Lipinski definition) is 4. The van der Waals surface area contributed by atoms with Gasteiger partial charge in [0.15, 0.2) is 20.8 Å². The van der Waals surface area contributed by atoms with E-state index < -0.39 is 36.9 Å². The zero-order valence-corrected chi connectivity index (χ0v) is 22.0. The number of carboxylic acid groups (broad SMARTS) is 1. The van der Waals surface area contributed by atoms with Crippen molar-refractivity contribution >= 4 is 55.5 Å². The van der Waals surface area contributed by atoms with E-state index >= 15 is 0 Å². The predicted molar refractivity (Wildman–Crippen MR) is 137 cm³/mol. The number of thiazole rings is 1. The molecule has 39 heavy (non-hydrogen) atoms. The van der Waals surface area contributed by atoms with Gasteiger partial charge in [-0.05, 0) is 36.3 Å². The average Bonchev–Trinajstić information content (AvgIpc) is 3.71. The van der Waals surface area contributed by atoms with Gasteiger partial charge in [-0.25, -0.2) is 23.0 Å².